The molecule has 0 aliphatic carbocycles. The highest BCUT2D eigenvalue weighted by atomic mass is 16.4. The van der Waals surface area contributed by atoms with E-state index >= 15 is 0 Å². The van der Waals surface area contributed by atoms with E-state index < -0.39 is 11.4 Å². The highest BCUT2D eigenvalue weighted by Crippen LogP contribution is 2.30. The maximum atomic E-state index is 12.5. The van der Waals surface area contributed by atoms with Crippen LogP contribution in [0, 0.1) is 6.92 Å². The van der Waals surface area contributed by atoms with Crippen molar-refractivity contribution in [2.24, 2.45) is 0 Å². The summed E-state index contributed by atoms with van der Waals surface area (Å²) in [4.78, 5) is 27.0. The summed E-state index contributed by atoms with van der Waals surface area (Å²) in [6.07, 6.45) is 2.88. The molecule has 0 fully saturated rings. The number of allylic oxidation sites excluding steroid dienone is 1. The number of benzene rings is 2. The monoisotopic (exact) mass is 377 g/mol. The number of fused-ring (bicyclic) bond motifs is 1. The van der Waals surface area contributed by atoms with Crippen LogP contribution < -0.4 is 10.5 Å². The average molecular weight is 377 g/mol. The van der Waals surface area contributed by atoms with Gasteiger partial charge in [-0.25, -0.2) is 4.79 Å². The maximum Gasteiger partial charge on any atom is 0.351 e. The van der Waals surface area contributed by atoms with E-state index in [9.17, 15) is 14.7 Å². The minimum Gasteiger partial charge on any atom is -0.506 e. The van der Waals surface area contributed by atoms with Crippen molar-refractivity contribution in [3.63, 3.8) is 0 Å². The van der Waals surface area contributed by atoms with Crippen LogP contribution in [-0.2, 0) is 0 Å². The average Bonchev–Trinajstić information content (AvgIpc) is 2.68. The molecule has 0 aliphatic heterocycles. The summed E-state index contributed by atoms with van der Waals surface area (Å²) in [5, 5.41) is 10.9. The molecular weight excluding hydrogens is 354 g/mol. The Morgan fingerprint density at radius 1 is 1.11 bits per heavy atom. The number of aromatic hydroxyl groups is 1. The smallest absolute Gasteiger partial charge is 0.351 e. The summed E-state index contributed by atoms with van der Waals surface area (Å²) in [5.41, 5.74) is 1.88. The van der Waals surface area contributed by atoms with Crippen molar-refractivity contribution in [1.82, 2.24) is 0 Å². The number of nitrogens with zero attached hydrogens (tertiary/aromatic N) is 1. The Balaban J connectivity index is 1.99. The Morgan fingerprint density at radius 2 is 1.79 bits per heavy atom. The lowest BCUT2D eigenvalue weighted by Crippen LogP contribution is -2.21. The number of carbonyl (C=O) groups is 1. The zero-order chi connectivity index (χ0) is 20.3. The fourth-order valence-electron chi connectivity index (χ4n) is 3.11. The lowest BCUT2D eigenvalue weighted by Gasteiger charge is -2.21. The molecule has 3 aromatic rings. The molecule has 0 spiro atoms. The Bertz CT molecular complexity index is 1090. The van der Waals surface area contributed by atoms with Gasteiger partial charge in [0.05, 0.1) is 5.39 Å². The van der Waals surface area contributed by atoms with Gasteiger partial charge in [0, 0.05) is 24.8 Å². The molecule has 0 saturated carbocycles. The van der Waals surface area contributed by atoms with Gasteiger partial charge < -0.3 is 14.4 Å². The summed E-state index contributed by atoms with van der Waals surface area (Å²) in [7, 11) is 0. The molecule has 2 aromatic carbocycles. The van der Waals surface area contributed by atoms with Gasteiger partial charge in [0.2, 0.25) is 0 Å². The number of ketones is 1. The molecule has 0 amide bonds. The van der Waals surface area contributed by atoms with Crippen molar-refractivity contribution in [2.75, 3.05) is 18.0 Å². The highest BCUT2D eigenvalue weighted by molar-refractivity contribution is 6.10. The van der Waals surface area contributed by atoms with Gasteiger partial charge in [0.1, 0.15) is 16.9 Å². The van der Waals surface area contributed by atoms with Crippen LogP contribution in [0.15, 0.2) is 57.8 Å². The molecule has 0 unspecified atom stereocenters. The third kappa shape index (κ3) is 3.83. The molecule has 0 atom stereocenters. The maximum absolute atomic E-state index is 12.5. The van der Waals surface area contributed by atoms with Gasteiger partial charge in [-0.2, -0.15) is 0 Å². The second-order valence-electron chi connectivity index (χ2n) is 6.57. The molecule has 0 radical (unpaired) electrons. The van der Waals surface area contributed by atoms with Crippen LogP contribution in [0.2, 0.25) is 0 Å². The Kier molecular flexibility index (Phi) is 5.64. The number of hydrogen-bond donors (Lipinski definition) is 1. The fraction of sp³-hybridized carbons (Fsp3) is 0.217. The van der Waals surface area contributed by atoms with E-state index in [1.165, 1.54) is 6.08 Å². The van der Waals surface area contributed by atoms with Gasteiger partial charge in [-0.15, -0.1) is 0 Å². The first-order valence-electron chi connectivity index (χ1n) is 9.28. The van der Waals surface area contributed by atoms with Gasteiger partial charge in [-0.05, 0) is 44.5 Å². The number of carbonyl (C=O) groups excluding carboxylic acids is 1. The molecule has 3 rings (SSSR count). The van der Waals surface area contributed by atoms with Crippen LogP contribution in [0.1, 0.15) is 35.3 Å². The molecule has 1 heterocycles. The Morgan fingerprint density at radius 3 is 2.43 bits per heavy atom. The molecule has 0 saturated heterocycles. The second kappa shape index (κ2) is 8.13. The molecule has 5 heteroatoms. The lowest BCUT2D eigenvalue weighted by molar-refractivity contribution is 0.104. The van der Waals surface area contributed by atoms with Gasteiger partial charge in [0.15, 0.2) is 5.78 Å². The van der Waals surface area contributed by atoms with Crippen molar-refractivity contribution >= 4 is 28.5 Å². The van der Waals surface area contributed by atoms with Crippen LogP contribution in [0.25, 0.3) is 17.0 Å². The lowest BCUT2D eigenvalue weighted by atomic mass is 10.1. The third-order valence-electron chi connectivity index (χ3n) is 4.74. The first-order chi connectivity index (χ1) is 13.4. The van der Waals surface area contributed by atoms with Crippen molar-refractivity contribution in [3.8, 4) is 5.75 Å². The summed E-state index contributed by atoms with van der Waals surface area (Å²) < 4.78 is 5.35. The summed E-state index contributed by atoms with van der Waals surface area (Å²) in [6, 6.07) is 12.8. The number of aryl methyl sites for hydroxylation is 1. The molecular formula is C23H23NO4. The zero-order valence-electron chi connectivity index (χ0n) is 16.2. The van der Waals surface area contributed by atoms with Crippen LogP contribution in [0.3, 0.4) is 0 Å². The zero-order valence-corrected chi connectivity index (χ0v) is 16.2. The molecule has 5 nitrogen and oxygen atoms in total. The van der Waals surface area contributed by atoms with E-state index in [2.05, 4.69) is 4.90 Å². The van der Waals surface area contributed by atoms with Gasteiger partial charge in [0.25, 0.3) is 0 Å². The first-order valence-corrected chi connectivity index (χ1v) is 9.28. The standard InChI is InChI=1S/C23H23NO4/c1-4-24(5-2)17-11-12-18-20(14-17)28-23(27)21(22(18)26)19(25)13-10-16-8-6-15(3)7-9-16/h6-14,26H,4-5H2,1-3H3. The number of anilines is 1. The largest absolute Gasteiger partial charge is 0.506 e. The van der Waals surface area contributed by atoms with E-state index in [0.717, 1.165) is 29.9 Å². The van der Waals surface area contributed by atoms with Crippen molar-refractivity contribution in [3.05, 3.63) is 75.7 Å². The van der Waals surface area contributed by atoms with Crippen molar-refractivity contribution in [2.45, 2.75) is 20.8 Å². The van der Waals surface area contributed by atoms with E-state index in [1.807, 2.05) is 51.1 Å². The summed E-state index contributed by atoms with van der Waals surface area (Å²) >= 11 is 0. The molecule has 1 aromatic heterocycles. The van der Waals surface area contributed by atoms with Crippen molar-refractivity contribution < 1.29 is 14.3 Å². The minimum absolute atomic E-state index is 0.256. The predicted octanol–water partition coefficient (Wildman–Crippen LogP) is 4.55. The van der Waals surface area contributed by atoms with E-state index in [1.54, 1.807) is 18.2 Å². The molecule has 0 bridgehead atoms. The van der Waals surface area contributed by atoms with Gasteiger partial charge in [-0.1, -0.05) is 35.9 Å². The van der Waals surface area contributed by atoms with E-state index in [4.69, 9.17) is 4.42 Å². The summed E-state index contributed by atoms with van der Waals surface area (Å²) in [5.74, 6) is -0.947. The minimum atomic E-state index is -0.847. The van der Waals surface area contributed by atoms with E-state index in [0.29, 0.717) is 5.39 Å². The number of hydrogen-bond acceptors (Lipinski definition) is 5. The SMILES string of the molecule is CCN(CC)c1ccc2c(O)c(C(=O)C=Cc3ccc(C)cc3)c(=O)oc2c1. The van der Waals surface area contributed by atoms with Gasteiger partial charge in [-0.3, -0.25) is 4.79 Å². The molecule has 144 valence electrons. The van der Waals surface area contributed by atoms with Crippen LogP contribution in [-0.4, -0.2) is 24.0 Å². The normalized spacial score (nSPS) is 11.2. The Labute approximate surface area is 163 Å². The molecule has 1 N–H and O–H groups in total. The third-order valence-corrected chi connectivity index (χ3v) is 4.74. The summed E-state index contributed by atoms with van der Waals surface area (Å²) in [6.45, 7) is 7.65. The first kappa shape index (κ1) is 19.4. The Hall–Kier alpha value is -3.34. The highest BCUT2D eigenvalue weighted by Gasteiger charge is 2.19. The van der Waals surface area contributed by atoms with Gasteiger partial charge >= 0.3 is 5.63 Å². The predicted molar refractivity (Wildman–Crippen MR) is 112 cm³/mol. The quantitative estimate of drug-likeness (QED) is 0.388. The van der Waals surface area contributed by atoms with Crippen LogP contribution in [0.4, 0.5) is 5.69 Å². The fourth-order valence-corrected chi connectivity index (χ4v) is 3.11. The molecule has 0 aliphatic rings. The van der Waals surface area contributed by atoms with E-state index in [-0.39, 0.29) is 16.9 Å². The molecule has 28 heavy (non-hydrogen) atoms. The number of rotatable bonds is 6. The second-order valence-corrected chi connectivity index (χ2v) is 6.57. The van der Waals surface area contributed by atoms with Crippen LogP contribution >= 0.6 is 0 Å². The van der Waals surface area contributed by atoms with Crippen molar-refractivity contribution in [1.29, 1.82) is 0 Å². The van der Waals surface area contributed by atoms with Crippen LogP contribution in [0.5, 0.6) is 5.75 Å². The topological polar surface area (TPSA) is 70.8 Å².